The van der Waals surface area contributed by atoms with Gasteiger partial charge in [-0.2, -0.15) is 0 Å². The van der Waals surface area contributed by atoms with Crippen molar-refractivity contribution in [2.75, 3.05) is 6.54 Å². The first-order chi connectivity index (χ1) is 13.4. The number of rotatable bonds is 8. The molecule has 0 radical (unpaired) electrons. The highest BCUT2D eigenvalue weighted by molar-refractivity contribution is 7.95. The predicted molar refractivity (Wildman–Crippen MR) is 108 cm³/mol. The molecule has 1 aliphatic rings. The molecule has 0 aliphatic carbocycles. The average molecular weight is 467 g/mol. The SMILES string of the molecule is CCCC(=O)O[C@@H](C)C(=O)NS(=O)(=O)c1cc2c(s1)S(=O)(=O)[C@@H](C)C[C@@H]2NCC. The summed E-state index contributed by atoms with van der Waals surface area (Å²) in [5.74, 6) is -1.60. The van der Waals surface area contributed by atoms with Crippen molar-refractivity contribution in [2.45, 2.75) is 72.8 Å². The maximum atomic E-state index is 12.7. The first-order valence-electron chi connectivity index (χ1n) is 9.31. The highest BCUT2D eigenvalue weighted by Crippen LogP contribution is 2.42. The molecule has 1 aromatic heterocycles. The number of hydrogen-bond acceptors (Lipinski definition) is 9. The van der Waals surface area contributed by atoms with Gasteiger partial charge in [-0.25, -0.2) is 21.6 Å². The monoisotopic (exact) mass is 466 g/mol. The van der Waals surface area contributed by atoms with Crippen LogP contribution in [0.3, 0.4) is 0 Å². The zero-order chi connectivity index (χ0) is 22.0. The molecule has 2 heterocycles. The quantitative estimate of drug-likeness (QED) is 0.550. The van der Waals surface area contributed by atoms with E-state index in [1.807, 2.05) is 11.6 Å². The zero-order valence-corrected chi connectivity index (χ0v) is 19.2. The van der Waals surface area contributed by atoms with Crippen molar-refractivity contribution in [3.8, 4) is 0 Å². The van der Waals surface area contributed by atoms with Crippen molar-refractivity contribution in [1.29, 1.82) is 0 Å². The van der Waals surface area contributed by atoms with Gasteiger partial charge in [0.05, 0.1) is 5.25 Å². The molecule has 1 amide bonds. The van der Waals surface area contributed by atoms with Gasteiger partial charge in [0.15, 0.2) is 15.9 Å². The summed E-state index contributed by atoms with van der Waals surface area (Å²) in [4.78, 5) is 23.7. The number of amides is 1. The third kappa shape index (κ3) is 5.16. The molecule has 1 aliphatic heterocycles. The third-order valence-electron chi connectivity index (χ3n) is 4.52. The van der Waals surface area contributed by atoms with Gasteiger partial charge in [-0.1, -0.05) is 13.8 Å². The molecular weight excluding hydrogens is 440 g/mol. The molecule has 0 spiro atoms. The third-order valence-corrected chi connectivity index (χ3v) is 10.2. The number of fused-ring (bicyclic) bond motifs is 1. The van der Waals surface area contributed by atoms with Crippen LogP contribution >= 0.6 is 11.3 Å². The highest BCUT2D eigenvalue weighted by Gasteiger charge is 2.40. The summed E-state index contributed by atoms with van der Waals surface area (Å²) in [7, 11) is -7.96. The van der Waals surface area contributed by atoms with Crippen molar-refractivity contribution in [3.05, 3.63) is 11.6 Å². The van der Waals surface area contributed by atoms with Crippen molar-refractivity contribution in [2.24, 2.45) is 0 Å². The number of hydrogen-bond donors (Lipinski definition) is 2. The van der Waals surface area contributed by atoms with Crippen LogP contribution in [0, 0.1) is 0 Å². The standard InChI is InChI=1S/C17H26N2O7S3/c1-5-7-14(20)26-11(4)16(21)19-29(24,25)15-9-12-13(18-6-2)8-10(3)28(22,23)17(12)27-15/h9-11,13,18H,5-8H2,1-4H3,(H,19,21)/t10-,11-,13-/m0/s1. The Bertz CT molecular complexity index is 983. The minimum Gasteiger partial charge on any atom is -0.453 e. The first-order valence-corrected chi connectivity index (χ1v) is 13.2. The zero-order valence-electron chi connectivity index (χ0n) is 16.7. The fraction of sp³-hybridized carbons (Fsp3) is 0.647. The van der Waals surface area contributed by atoms with E-state index in [1.54, 1.807) is 13.8 Å². The van der Waals surface area contributed by atoms with E-state index in [1.165, 1.54) is 13.0 Å². The summed E-state index contributed by atoms with van der Waals surface area (Å²) in [6.45, 7) is 7.09. The van der Waals surface area contributed by atoms with Gasteiger partial charge in [-0.15, -0.1) is 11.3 Å². The molecule has 0 unspecified atom stereocenters. The maximum Gasteiger partial charge on any atom is 0.306 e. The molecule has 3 atom stereocenters. The highest BCUT2D eigenvalue weighted by atomic mass is 32.3. The smallest absolute Gasteiger partial charge is 0.306 e. The average Bonchev–Trinajstić information content (AvgIpc) is 3.07. The largest absolute Gasteiger partial charge is 0.453 e. The van der Waals surface area contributed by atoms with Crippen molar-refractivity contribution >= 4 is 43.1 Å². The van der Waals surface area contributed by atoms with Crippen molar-refractivity contribution < 1.29 is 31.2 Å². The molecule has 0 bridgehead atoms. The minimum absolute atomic E-state index is 0.00236. The van der Waals surface area contributed by atoms with Gasteiger partial charge in [0.1, 0.15) is 8.42 Å². The van der Waals surface area contributed by atoms with Crippen LogP contribution in [0.2, 0.25) is 0 Å². The summed E-state index contributed by atoms with van der Waals surface area (Å²) in [5, 5.41) is 2.52. The molecule has 0 aromatic carbocycles. The molecule has 1 aromatic rings. The summed E-state index contributed by atoms with van der Waals surface area (Å²) in [6, 6.07) is 0.999. The molecule has 29 heavy (non-hydrogen) atoms. The Kier molecular flexibility index (Phi) is 7.47. The Morgan fingerprint density at radius 1 is 1.34 bits per heavy atom. The second-order valence-corrected chi connectivity index (χ2v) is 12.4. The van der Waals surface area contributed by atoms with E-state index in [2.05, 4.69) is 5.32 Å². The van der Waals surface area contributed by atoms with Crippen LogP contribution < -0.4 is 10.0 Å². The molecule has 2 rings (SSSR count). The number of esters is 1. The van der Waals surface area contributed by atoms with E-state index in [-0.39, 0.29) is 20.9 Å². The predicted octanol–water partition coefficient (Wildman–Crippen LogP) is 1.50. The Morgan fingerprint density at radius 3 is 2.59 bits per heavy atom. The van der Waals surface area contributed by atoms with Gasteiger partial charge >= 0.3 is 5.97 Å². The van der Waals surface area contributed by atoms with E-state index in [0.29, 0.717) is 36.3 Å². The Hall–Kier alpha value is -1.50. The van der Waals surface area contributed by atoms with Gasteiger partial charge in [0.25, 0.3) is 15.9 Å². The second kappa shape index (κ2) is 9.11. The van der Waals surface area contributed by atoms with Crippen LogP contribution in [0.25, 0.3) is 0 Å². The number of ether oxygens (including phenoxy) is 1. The number of nitrogens with one attached hydrogen (secondary N) is 2. The van der Waals surface area contributed by atoms with Crippen LogP contribution in [-0.2, 0) is 34.2 Å². The summed E-state index contributed by atoms with van der Waals surface area (Å²) in [6.07, 6.45) is -0.316. The summed E-state index contributed by atoms with van der Waals surface area (Å²) < 4.78 is 57.1. The fourth-order valence-electron chi connectivity index (χ4n) is 2.95. The Labute approximate surface area is 175 Å². The number of carbonyl (C=O) groups excluding carboxylic acids is 2. The number of sulfone groups is 1. The summed E-state index contributed by atoms with van der Waals surface area (Å²) >= 11 is 0.620. The van der Waals surface area contributed by atoms with Gasteiger partial charge in [0.2, 0.25) is 0 Å². The fourth-order valence-corrected chi connectivity index (χ4v) is 7.99. The lowest BCUT2D eigenvalue weighted by Gasteiger charge is -2.27. The first kappa shape index (κ1) is 23.8. The molecule has 9 nitrogen and oxygen atoms in total. The van der Waals surface area contributed by atoms with Crippen LogP contribution in [0.5, 0.6) is 0 Å². The van der Waals surface area contributed by atoms with Crippen LogP contribution in [0.1, 0.15) is 58.6 Å². The van der Waals surface area contributed by atoms with E-state index in [9.17, 15) is 26.4 Å². The van der Waals surface area contributed by atoms with E-state index < -0.39 is 43.1 Å². The van der Waals surface area contributed by atoms with Gasteiger partial charge in [-0.3, -0.25) is 9.59 Å². The molecule has 2 N–H and O–H groups in total. The van der Waals surface area contributed by atoms with Crippen LogP contribution in [0.15, 0.2) is 14.5 Å². The number of carbonyl (C=O) groups is 2. The molecule has 0 saturated heterocycles. The molecule has 0 fully saturated rings. The second-order valence-electron chi connectivity index (χ2n) is 6.86. The van der Waals surface area contributed by atoms with E-state index >= 15 is 0 Å². The molecule has 0 saturated carbocycles. The normalized spacial score (nSPS) is 21.8. The maximum absolute atomic E-state index is 12.7. The lowest BCUT2D eigenvalue weighted by Crippen LogP contribution is -2.39. The van der Waals surface area contributed by atoms with E-state index in [4.69, 9.17) is 4.74 Å². The van der Waals surface area contributed by atoms with Gasteiger partial charge in [-0.05, 0) is 39.3 Å². The minimum atomic E-state index is -4.32. The topological polar surface area (TPSA) is 136 Å². The van der Waals surface area contributed by atoms with Crippen LogP contribution in [-0.4, -0.2) is 46.6 Å². The molecule has 12 heteroatoms. The van der Waals surface area contributed by atoms with E-state index in [0.717, 1.165) is 0 Å². The van der Waals surface area contributed by atoms with Crippen LogP contribution in [0.4, 0.5) is 0 Å². The summed E-state index contributed by atoms with van der Waals surface area (Å²) in [5.41, 5.74) is 0.394. The van der Waals surface area contributed by atoms with Crippen molar-refractivity contribution in [1.82, 2.24) is 10.0 Å². The lowest BCUT2D eigenvalue weighted by atomic mass is 10.1. The number of sulfonamides is 1. The van der Waals surface area contributed by atoms with Gasteiger partial charge in [0, 0.05) is 18.0 Å². The molecular formula is C17H26N2O7S3. The van der Waals surface area contributed by atoms with Crippen molar-refractivity contribution in [3.63, 3.8) is 0 Å². The molecule has 164 valence electrons. The number of thiophene rings is 1. The Balaban J connectivity index is 2.29. The van der Waals surface area contributed by atoms with Gasteiger partial charge < -0.3 is 10.1 Å². The lowest BCUT2D eigenvalue weighted by molar-refractivity contribution is -0.154. The Morgan fingerprint density at radius 2 is 2.00 bits per heavy atom.